The first-order chi connectivity index (χ1) is 6.58. The van der Waals surface area contributed by atoms with Gasteiger partial charge in [-0.2, -0.15) is 0 Å². The lowest BCUT2D eigenvalue weighted by Gasteiger charge is -2.15. The molecule has 0 aromatic heterocycles. The van der Waals surface area contributed by atoms with E-state index in [2.05, 4.69) is 13.5 Å². The van der Waals surface area contributed by atoms with Crippen molar-refractivity contribution < 1.29 is 14.6 Å². The van der Waals surface area contributed by atoms with E-state index < -0.39 is 5.97 Å². The summed E-state index contributed by atoms with van der Waals surface area (Å²) in [6, 6.07) is 0. The standard InChI is InChI=1S/C11H18O3/c1-8(3-6-11(12)13)7-10-5-4-9(2)14-10/h8,10H,2-7H2,1H3,(H,12,13). The molecule has 1 N–H and O–H groups in total. The number of allylic oxidation sites excluding steroid dienone is 1. The molecule has 2 unspecified atom stereocenters. The third kappa shape index (κ3) is 3.81. The van der Waals surface area contributed by atoms with Crippen LogP contribution in [0.4, 0.5) is 0 Å². The van der Waals surface area contributed by atoms with Gasteiger partial charge in [0, 0.05) is 12.8 Å². The number of aliphatic carboxylic acids is 1. The summed E-state index contributed by atoms with van der Waals surface area (Å²) >= 11 is 0. The second kappa shape index (κ2) is 5.03. The number of carboxylic acids is 1. The first kappa shape index (κ1) is 11.1. The van der Waals surface area contributed by atoms with Gasteiger partial charge in [-0.05, 0) is 25.2 Å². The maximum absolute atomic E-state index is 10.3. The summed E-state index contributed by atoms with van der Waals surface area (Å²) < 4.78 is 5.50. The van der Waals surface area contributed by atoms with Crippen molar-refractivity contribution >= 4 is 5.97 Å². The van der Waals surface area contributed by atoms with Gasteiger partial charge in [0.25, 0.3) is 0 Å². The van der Waals surface area contributed by atoms with E-state index in [0.717, 1.165) is 31.4 Å². The molecule has 1 aliphatic rings. The molecule has 0 saturated carbocycles. The molecular weight excluding hydrogens is 180 g/mol. The molecule has 3 heteroatoms. The Morgan fingerprint density at radius 1 is 1.79 bits per heavy atom. The van der Waals surface area contributed by atoms with Crippen molar-refractivity contribution in [1.29, 1.82) is 0 Å². The normalized spacial score (nSPS) is 23.2. The molecule has 14 heavy (non-hydrogen) atoms. The van der Waals surface area contributed by atoms with Gasteiger partial charge in [0.2, 0.25) is 0 Å². The number of rotatable bonds is 5. The number of hydrogen-bond acceptors (Lipinski definition) is 2. The van der Waals surface area contributed by atoms with Crippen LogP contribution in [0.3, 0.4) is 0 Å². The highest BCUT2D eigenvalue weighted by Gasteiger charge is 2.21. The van der Waals surface area contributed by atoms with E-state index in [-0.39, 0.29) is 12.5 Å². The number of carboxylic acid groups (broad SMARTS) is 1. The van der Waals surface area contributed by atoms with Crippen LogP contribution in [-0.2, 0) is 9.53 Å². The topological polar surface area (TPSA) is 46.5 Å². The predicted octanol–water partition coefficient (Wildman–Crippen LogP) is 2.57. The molecule has 80 valence electrons. The lowest BCUT2D eigenvalue weighted by molar-refractivity contribution is -0.137. The van der Waals surface area contributed by atoms with Crippen molar-refractivity contribution in [3.8, 4) is 0 Å². The molecule has 0 radical (unpaired) electrons. The van der Waals surface area contributed by atoms with Crippen LogP contribution in [0.15, 0.2) is 12.3 Å². The van der Waals surface area contributed by atoms with E-state index >= 15 is 0 Å². The summed E-state index contributed by atoms with van der Waals surface area (Å²) in [6.07, 6.45) is 4.21. The second-order valence-electron chi connectivity index (χ2n) is 4.09. The average molecular weight is 198 g/mol. The third-order valence-corrected chi connectivity index (χ3v) is 2.59. The van der Waals surface area contributed by atoms with Gasteiger partial charge in [-0.15, -0.1) is 0 Å². The Morgan fingerprint density at radius 2 is 2.50 bits per heavy atom. The first-order valence-corrected chi connectivity index (χ1v) is 5.14. The molecule has 1 heterocycles. The second-order valence-corrected chi connectivity index (χ2v) is 4.09. The van der Waals surface area contributed by atoms with Gasteiger partial charge in [-0.1, -0.05) is 13.5 Å². The van der Waals surface area contributed by atoms with Crippen molar-refractivity contribution in [2.75, 3.05) is 0 Å². The average Bonchev–Trinajstić information content (AvgIpc) is 2.48. The van der Waals surface area contributed by atoms with Crippen LogP contribution in [0, 0.1) is 5.92 Å². The van der Waals surface area contributed by atoms with Crippen LogP contribution in [-0.4, -0.2) is 17.2 Å². The summed E-state index contributed by atoms with van der Waals surface area (Å²) in [5.74, 6) is 0.580. The first-order valence-electron chi connectivity index (χ1n) is 5.14. The fraction of sp³-hybridized carbons (Fsp3) is 0.727. The molecule has 0 aromatic carbocycles. The van der Waals surface area contributed by atoms with E-state index in [4.69, 9.17) is 9.84 Å². The summed E-state index contributed by atoms with van der Waals surface area (Å²) in [7, 11) is 0. The molecule has 3 nitrogen and oxygen atoms in total. The molecular formula is C11H18O3. The minimum atomic E-state index is -0.714. The zero-order chi connectivity index (χ0) is 10.6. The number of hydrogen-bond donors (Lipinski definition) is 1. The van der Waals surface area contributed by atoms with E-state index in [1.807, 2.05) is 0 Å². The number of carbonyl (C=O) groups is 1. The summed E-state index contributed by atoms with van der Waals surface area (Å²) in [6.45, 7) is 5.85. The van der Waals surface area contributed by atoms with Gasteiger partial charge in [-0.25, -0.2) is 0 Å². The Morgan fingerprint density at radius 3 is 3.00 bits per heavy atom. The molecule has 1 aliphatic heterocycles. The SMILES string of the molecule is C=C1CCC(CC(C)CCC(=O)O)O1. The maximum Gasteiger partial charge on any atom is 0.303 e. The quantitative estimate of drug-likeness (QED) is 0.738. The Balaban J connectivity index is 2.16. The molecule has 0 bridgehead atoms. The van der Waals surface area contributed by atoms with E-state index in [9.17, 15) is 4.79 Å². The lowest BCUT2D eigenvalue weighted by Crippen LogP contribution is -2.11. The molecule has 0 aliphatic carbocycles. The third-order valence-electron chi connectivity index (χ3n) is 2.59. The van der Waals surface area contributed by atoms with Gasteiger partial charge >= 0.3 is 5.97 Å². The highest BCUT2D eigenvalue weighted by atomic mass is 16.5. The van der Waals surface area contributed by atoms with E-state index in [1.54, 1.807) is 0 Å². The van der Waals surface area contributed by atoms with Crippen molar-refractivity contribution in [2.24, 2.45) is 5.92 Å². The van der Waals surface area contributed by atoms with Crippen molar-refractivity contribution in [1.82, 2.24) is 0 Å². The predicted molar refractivity (Wildman–Crippen MR) is 53.9 cm³/mol. The molecule has 1 saturated heterocycles. The summed E-state index contributed by atoms with van der Waals surface area (Å²) in [5.41, 5.74) is 0. The Labute approximate surface area is 84.8 Å². The summed E-state index contributed by atoms with van der Waals surface area (Å²) in [4.78, 5) is 10.3. The van der Waals surface area contributed by atoms with Gasteiger partial charge in [0.05, 0.1) is 11.9 Å². The van der Waals surface area contributed by atoms with Crippen molar-refractivity contribution in [3.05, 3.63) is 12.3 Å². The molecule has 0 amide bonds. The maximum atomic E-state index is 10.3. The fourth-order valence-electron chi connectivity index (χ4n) is 1.78. The van der Waals surface area contributed by atoms with E-state index in [0.29, 0.717) is 5.92 Å². The molecule has 0 spiro atoms. The van der Waals surface area contributed by atoms with Crippen LogP contribution in [0.2, 0.25) is 0 Å². The van der Waals surface area contributed by atoms with E-state index in [1.165, 1.54) is 0 Å². The largest absolute Gasteiger partial charge is 0.495 e. The summed E-state index contributed by atoms with van der Waals surface area (Å²) in [5, 5.41) is 8.52. The Kier molecular flexibility index (Phi) is 3.98. The van der Waals surface area contributed by atoms with Crippen LogP contribution < -0.4 is 0 Å². The van der Waals surface area contributed by atoms with Gasteiger partial charge in [0.15, 0.2) is 0 Å². The highest BCUT2D eigenvalue weighted by molar-refractivity contribution is 5.66. The Bertz CT molecular complexity index is 223. The zero-order valence-corrected chi connectivity index (χ0v) is 8.66. The Hall–Kier alpha value is -0.990. The van der Waals surface area contributed by atoms with Gasteiger partial charge in [0.1, 0.15) is 0 Å². The smallest absolute Gasteiger partial charge is 0.303 e. The number of ether oxygens (including phenoxy) is 1. The lowest BCUT2D eigenvalue weighted by atomic mass is 9.97. The van der Waals surface area contributed by atoms with Crippen molar-refractivity contribution in [2.45, 2.75) is 45.1 Å². The van der Waals surface area contributed by atoms with Crippen molar-refractivity contribution in [3.63, 3.8) is 0 Å². The van der Waals surface area contributed by atoms with Crippen LogP contribution >= 0.6 is 0 Å². The molecule has 2 atom stereocenters. The minimum absolute atomic E-state index is 0.259. The monoisotopic (exact) mass is 198 g/mol. The molecule has 1 fully saturated rings. The van der Waals surface area contributed by atoms with Crippen LogP contribution in [0.5, 0.6) is 0 Å². The van der Waals surface area contributed by atoms with Gasteiger partial charge < -0.3 is 9.84 Å². The highest BCUT2D eigenvalue weighted by Crippen LogP contribution is 2.27. The fourth-order valence-corrected chi connectivity index (χ4v) is 1.78. The van der Waals surface area contributed by atoms with Gasteiger partial charge in [-0.3, -0.25) is 4.79 Å². The zero-order valence-electron chi connectivity index (χ0n) is 8.66. The van der Waals surface area contributed by atoms with Crippen LogP contribution in [0.1, 0.15) is 39.0 Å². The minimum Gasteiger partial charge on any atom is -0.495 e. The molecule has 1 rings (SSSR count). The molecule has 0 aromatic rings. The van der Waals surface area contributed by atoms with Crippen LogP contribution in [0.25, 0.3) is 0 Å².